The monoisotopic (exact) mass is 326 g/mol. The van der Waals surface area contributed by atoms with Crippen LogP contribution >= 0.6 is 0 Å². The number of nitrogens with two attached hydrogens (primary N) is 1. The average Bonchev–Trinajstić information content (AvgIpc) is 2.53. The maximum atomic E-state index is 12.0. The largest absolute Gasteiger partial charge is 0.378 e. The van der Waals surface area contributed by atoms with Gasteiger partial charge in [0.15, 0.2) is 5.96 Å². The number of benzene rings is 1. The fraction of sp³-hybridized carbons (Fsp3) is 0.500. The van der Waals surface area contributed by atoms with Gasteiger partial charge in [0.1, 0.15) is 0 Å². The van der Waals surface area contributed by atoms with Crippen molar-refractivity contribution in [1.29, 1.82) is 0 Å². The van der Waals surface area contributed by atoms with E-state index in [-0.39, 0.29) is 4.90 Å². The molecule has 122 valence electrons. The number of hydrogen-bond acceptors (Lipinski definition) is 4. The summed E-state index contributed by atoms with van der Waals surface area (Å²) in [4.78, 5) is 6.60. The highest BCUT2D eigenvalue weighted by atomic mass is 32.2. The third kappa shape index (κ3) is 3.96. The van der Waals surface area contributed by atoms with Gasteiger partial charge in [-0.15, -0.1) is 0 Å². The molecule has 0 bridgehead atoms. The number of guanidine groups is 1. The van der Waals surface area contributed by atoms with Gasteiger partial charge in [-0.2, -0.15) is 0 Å². The van der Waals surface area contributed by atoms with Gasteiger partial charge in [-0.1, -0.05) is 12.1 Å². The maximum Gasteiger partial charge on any atom is 0.242 e. The van der Waals surface area contributed by atoms with E-state index in [1.165, 1.54) is 18.4 Å². The minimum absolute atomic E-state index is 0.270. The summed E-state index contributed by atoms with van der Waals surface area (Å²) in [5, 5.41) is 0. The number of morpholine rings is 1. The summed E-state index contributed by atoms with van der Waals surface area (Å²) >= 11 is 0. The zero-order chi connectivity index (χ0) is 16.2. The normalized spacial score (nSPS) is 17.0. The van der Waals surface area contributed by atoms with Gasteiger partial charge in [-0.3, -0.25) is 0 Å². The highest BCUT2D eigenvalue weighted by Crippen LogP contribution is 2.14. The van der Waals surface area contributed by atoms with E-state index in [2.05, 4.69) is 4.99 Å². The summed E-state index contributed by atoms with van der Waals surface area (Å²) in [6.07, 6.45) is 0. The third-order valence-electron chi connectivity index (χ3n) is 3.46. The highest BCUT2D eigenvalue weighted by Gasteiger charge is 2.16. The molecule has 0 aromatic heterocycles. The van der Waals surface area contributed by atoms with E-state index < -0.39 is 10.0 Å². The third-order valence-corrected chi connectivity index (χ3v) is 5.29. The van der Waals surface area contributed by atoms with Gasteiger partial charge >= 0.3 is 0 Å². The van der Waals surface area contributed by atoms with Crippen LogP contribution in [0, 0.1) is 0 Å². The van der Waals surface area contributed by atoms with Gasteiger partial charge in [-0.05, 0) is 17.7 Å². The van der Waals surface area contributed by atoms with Crippen molar-refractivity contribution >= 4 is 16.0 Å². The second-order valence-corrected chi connectivity index (χ2v) is 7.36. The van der Waals surface area contributed by atoms with Crippen LogP contribution in [0.2, 0.25) is 0 Å². The fourth-order valence-corrected chi connectivity index (χ4v) is 2.94. The number of aliphatic imine (C=N–C) groups is 1. The highest BCUT2D eigenvalue weighted by molar-refractivity contribution is 7.89. The minimum atomic E-state index is -3.39. The van der Waals surface area contributed by atoms with Crippen LogP contribution in [0.4, 0.5) is 0 Å². The van der Waals surface area contributed by atoms with Crippen molar-refractivity contribution < 1.29 is 13.2 Å². The molecule has 1 saturated heterocycles. The van der Waals surface area contributed by atoms with Crippen LogP contribution in [0.3, 0.4) is 0 Å². The molecule has 7 nitrogen and oxygen atoms in total. The molecule has 1 aromatic carbocycles. The zero-order valence-electron chi connectivity index (χ0n) is 12.9. The molecule has 1 aliphatic heterocycles. The fourth-order valence-electron chi connectivity index (χ4n) is 2.04. The quantitative estimate of drug-likeness (QED) is 0.625. The molecule has 1 aliphatic rings. The maximum absolute atomic E-state index is 12.0. The molecule has 0 amide bonds. The van der Waals surface area contributed by atoms with Gasteiger partial charge in [0.25, 0.3) is 0 Å². The van der Waals surface area contributed by atoms with Crippen molar-refractivity contribution in [1.82, 2.24) is 9.21 Å². The molecule has 0 unspecified atom stereocenters. The molecule has 1 aromatic rings. The predicted octanol–water partition coefficient (Wildman–Crippen LogP) is 0.0838. The molecule has 1 fully saturated rings. The lowest BCUT2D eigenvalue weighted by atomic mass is 10.2. The minimum Gasteiger partial charge on any atom is -0.378 e. The van der Waals surface area contributed by atoms with Crippen LogP contribution in [0.25, 0.3) is 0 Å². The first-order chi connectivity index (χ1) is 10.4. The van der Waals surface area contributed by atoms with Crippen molar-refractivity contribution in [3.63, 3.8) is 0 Å². The van der Waals surface area contributed by atoms with Crippen LogP contribution in [-0.2, 0) is 21.3 Å². The first-order valence-corrected chi connectivity index (χ1v) is 8.49. The van der Waals surface area contributed by atoms with Crippen molar-refractivity contribution in [3.05, 3.63) is 29.8 Å². The SMILES string of the molecule is CN(C)S(=O)(=O)c1ccc(CN=C(N)N2CCOCC2)cc1. The Morgan fingerprint density at radius 2 is 1.86 bits per heavy atom. The Morgan fingerprint density at radius 3 is 2.41 bits per heavy atom. The Labute approximate surface area is 131 Å². The molecular formula is C14H22N4O3S. The van der Waals surface area contributed by atoms with Crippen molar-refractivity contribution in [3.8, 4) is 0 Å². The number of sulfonamides is 1. The van der Waals surface area contributed by atoms with E-state index in [4.69, 9.17) is 10.5 Å². The summed E-state index contributed by atoms with van der Waals surface area (Å²) in [6.45, 7) is 3.23. The Balaban J connectivity index is 2.02. The second kappa shape index (κ2) is 7.08. The van der Waals surface area contributed by atoms with Gasteiger partial charge in [-0.25, -0.2) is 17.7 Å². The van der Waals surface area contributed by atoms with Crippen molar-refractivity contribution in [2.45, 2.75) is 11.4 Å². The first kappa shape index (κ1) is 16.7. The molecule has 2 rings (SSSR count). The molecule has 2 N–H and O–H groups in total. The number of ether oxygens (including phenoxy) is 1. The number of rotatable bonds is 4. The lowest BCUT2D eigenvalue weighted by Gasteiger charge is -2.27. The van der Waals surface area contributed by atoms with Crippen LogP contribution in [-0.4, -0.2) is 64.0 Å². The van der Waals surface area contributed by atoms with Gasteiger partial charge in [0, 0.05) is 27.2 Å². The van der Waals surface area contributed by atoms with Crippen molar-refractivity contribution in [2.75, 3.05) is 40.4 Å². The Hall–Kier alpha value is -1.64. The van der Waals surface area contributed by atoms with Crippen LogP contribution < -0.4 is 5.73 Å². The Morgan fingerprint density at radius 1 is 1.27 bits per heavy atom. The number of nitrogens with zero attached hydrogens (tertiary/aromatic N) is 3. The predicted molar refractivity (Wildman–Crippen MR) is 85.0 cm³/mol. The Kier molecular flexibility index (Phi) is 5.38. The van der Waals surface area contributed by atoms with Crippen molar-refractivity contribution in [2.24, 2.45) is 10.7 Å². The molecule has 0 aliphatic carbocycles. The smallest absolute Gasteiger partial charge is 0.242 e. The van der Waals surface area contributed by atoms with E-state index in [1.807, 2.05) is 4.90 Å². The van der Waals surface area contributed by atoms with E-state index >= 15 is 0 Å². The van der Waals surface area contributed by atoms with Crippen LogP contribution in [0.15, 0.2) is 34.2 Å². The summed E-state index contributed by atoms with van der Waals surface area (Å²) < 4.78 is 30.4. The molecule has 0 saturated carbocycles. The topological polar surface area (TPSA) is 88.2 Å². The van der Waals surface area contributed by atoms with Gasteiger partial charge < -0.3 is 15.4 Å². The molecule has 22 heavy (non-hydrogen) atoms. The standard InChI is InChI=1S/C14H22N4O3S/c1-17(2)22(19,20)13-5-3-12(4-6-13)11-16-14(15)18-7-9-21-10-8-18/h3-6H,7-11H2,1-2H3,(H2,15,16). The van der Waals surface area contributed by atoms with Crippen LogP contribution in [0.1, 0.15) is 5.56 Å². The molecule has 8 heteroatoms. The van der Waals surface area contributed by atoms with Gasteiger partial charge in [0.05, 0.1) is 24.7 Å². The summed E-state index contributed by atoms with van der Waals surface area (Å²) in [5.41, 5.74) is 6.86. The number of hydrogen-bond donors (Lipinski definition) is 1. The molecular weight excluding hydrogens is 304 g/mol. The second-order valence-electron chi connectivity index (χ2n) is 5.21. The molecule has 0 radical (unpaired) electrons. The summed E-state index contributed by atoms with van der Waals surface area (Å²) in [6, 6.07) is 6.69. The Bertz CT molecular complexity index is 620. The molecule has 1 heterocycles. The lowest BCUT2D eigenvalue weighted by molar-refractivity contribution is 0.0674. The van der Waals surface area contributed by atoms with E-state index in [1.54, 1.807) is 24.3 Å². The van der Waals surface area contributed by atoms with Crippen LogP contribution in [0.5, 0.6) is 0 Å². The zero-order valence-corrected chi connectivity index (χ0v) is 13.7. The molecule has 0 spiro atoms. The van der Waals surface area contributed by atoms with E-state index in [0.717, 1.165) is 18.7 Å². The summed E-state index contributed by atoms with van der Waals surface area (Å²) in [5.74, 6) is 0.494. The van der Waals surface area contributed by atoms with E-state index in [0.29, 0.717) is 25.7 Å². The van der Waals surface area contributed by atoms with E-state index in [9.17, 15) is 8.42 Å². The van der Waals surface area contributed by atoms with Gasteiger partial charge in [0.2, 0.25) is 10.0 Å². The molecule has 0 atom stereocenters. The average molecular weight is 326 g/mol. The first-order valence-electron chi connectivity index (χ1n) is 7.05. The lowest BCUT2D eigenvalue weighted by Crippen LogP contribution is -2.44. The summed E-state index contributed by atoms with van der Waals surface area (Å²) in [7, 11) is -0.370.